The number of anilines is 2. The molecule has 1 amide bonds. The van der Waals surface area contributed by atoms with Gasteiger partial charge in [0.2, 0.25) is 0 Å². The van der Waals surface area contributed by atoms with Gasteiger partial charge >= 0.3 is 0 Å². The summed E-state index contributed by atoms with van der Waals surface area (Å²) in [6.07, 6.45) is 0. The molecular formula is C29H36N4O3. The maximum atomic E-state index is 13.3. The van der Waals surface area contributed by atoms with Crippen LogP contribution in [0.4, 0.5) is 11.4 Å². The van der Waals surface area contributed by atoms with E-state index in [0.717, 1.165) is 31.9 Å². The number of carbonyl (C=O) groups is 1. The lowest BCUT2D eigenvalue weighted by Gasteiger charge is -2.40. The molecule has 3 aromatic rings. The van der Waals surface area contributed by atoms with Gasteiger partial charge in [0.15, 0.2) is 0 Å². The summed E-state index contributed by atoms with van der Waals surface area (Å²) in [4.78, 5) is 20.3. The second-order valence-electron chi connectivity index (χ2n) is 9.11. The van der Waals surface area contributed by atoms with Gasteiger partial charge in [0.1, 0.15) is 17.1 Å². The number of nitrogens with zero attached hydrogens (tertiary/aromatic N) is 3. The number of hydrogen-bond donors (Lipinski definition) is 1. The number of ether oxygens (including phenoxy) is 2. The minimum absolute atomic E-state index is 0.0452. The normalized spacial score (nSPS) is 14.7. The first kappa shape index (κ1) is 25.4. The smallest absolute Gasteiger partial charge is 0.258 e. The van der Waals surface area contributed by atoms with Crippen LogP contribution in [0.25, 0.3) is 0 Å². The van der Waals surface area contributed by atoms with Crippen molar-refractivity contribution in [1.29, 1.82) is 0 Å². The van der Waals surface area contributed by atoms with E-state index in [1.54, 1.807) is 26.4 Å². The van der Waals surface area contributed by atoms with E-state index in [1.165, 1.54) is 11.3 Å². The number of rotatable bonds is 9. The lowest BCUT2D eigenvalue weighted by Crippen LogP contribution is -2.50. The Hall–Kier alpha value is -3.71. The highest BCUT2D eigenvalue weighted by Crippen LogP contribution is 2.29. The van der Waals surface area contributed by atoms with Crippen LogP contribution in [-0.2, 0) is 0 Å². The molecule has 7 heteroatoms. The summed E-state index contributed by atoms with van der Waals surface area (Å²) in [5, 5.41) is 3.16. The molecule has 1 saturated heterocycles. The van der Waals surface area contributed by atoms with Crippen LogP contribution in [0.3, 0.4) is 0 Å². The second-order valence-corrected chi connectivity index (χ2v) is 9.11. The van der Waals surface area contributed by atoms with Gasteiger partial charge in [-0.05, 0) is 42.0 Å². The van der Waals surface area contributed by atoms with E-state index in [9.17, 15) is 4.79 Å². The summed E-state index contributed by atoms with van der Waals surface area (Å²) in [6, 6.07) is 24.5. The van der Waals surface area contributed by atoms with Gasteiger partial charge in [-0.15, -0.1) is 0 Å². The van der Waals surface area contributed by atoms with E-state index in [0.29, 0.717) is 23.6 Å². The molecule has 190 valence electrons. The van der Waals surface area contributed by atoms with Gasteiger partial charge < -0.3 is 24.6 Å². The molecule has 4 rings (SSSR count). The van der Waals surface area contributed by atoms with E-state index >= 15 is 0 Å². The SMILES string of the molecule is COc1cccc(OC)c1C(=O)NC[C@@H](c1ccc(N(C)C)cc1)N1CCN(c2ccccc2)CC1. The van der Waals surface area contributed by atoms with Gasteiger partial charge in [0, 0.05) is 58.2 Å². The maximum absolute atomic E-state index is 13.3. The third-order valence-corrected chi connectivity index (χ3v) is 6.78. The average Bonchev–Trinajstić information content (AvgIpc) is 2.93. The topological polar surface area (TPSA) is 57.3 Å². The van der Waals surface area contributed by atoms with Gasteiger partial charge in [-0.1, -0.05) is 36.4 Å². The fourth-order valence-electron chi connectivity index (χ4n) is 4.74. The molecule has 1 aliphatic rings. The highest BCUT2D eigenvalue weighted by atomic mass is 16.5. The van der Waals surface area contributed by atoms with Crippen molar-refractivity contribution in [2.45, 2.75) is 6.04 Å². The van der Waals surface area contributed by atoms with Gasteiger partial charge in [0.25, 0.3) is 5.91 Å². The molecule has 0 saturated carbocycles. The summed E-state index contributed by atoms with van der Waals surface area (Å²) in [5.41, 5.74) is 3.99. The molecule has 0 bridgehead atoms. The van der Waals surface area contributed by atoms with Gasteiger partial charge in [-0.2, -0.15) is 0 Å². The molecule has 0 radical (unpaired) electrons. The fourth-order valence-corrected chi connectivity index (χ4v) is 4.74. The Labute approximate surface area is 214 Å². The first-order chi connectivity index (χ1) is 17.5. The Balaban J connectivity index is 1.53. The van der Waals surface area contributed by atoms with Crippen LogP contribution in [-0.4, -0.2) is 71.8 Å². The van der Waals surface area contributed by atoms with Crippen molar-refractivity contribution in [3.63, 3.8) is 0 Å². The van der Waals surface area contributed by atoms with Crippen LogP contribution < -0.4 is 24.6 Å². The van der Waals surface area contributed by atoms with Crippen molar-refractivity contribution in [2.75, 3.05) is 70.8 Å². The van der Waals surface area contributed by atoms with Crippen molar-refractivity contribution in [3.05, 3.63) is 83.9 Å². The Morgan fingerprint density at radius 2 is 1.47 bits per heavy atom. The average molecular weight is 489 g/mol. The number of hydrogen-bond acceptors (Lipinski definition) is 6. The lowest BCUT2D eigenvalue weighted by atomic mass is 10.0. The lowest BCUT2D eigenvalue weighted by molar-refractivity contribution is 0.0924. The van der Waals surface area contributed by atoms with Crippen LogP contribution in [0, 0.1) is 0 Å². The van der Waals surface area contributed by atoms with Crippen LogP contribution in [0.5, 0.6) is 11.5 Å². The monoisotopic (exact) mass is 488 g/mol. The zero-order valence-electron chi connectivity index (χ0n) is 21.6. The molecule has 1 fully saturated rings. The molecule has 0 aromatic heterocycles. The van der Waals surface area contributed by atoms with Crippen molar-refractivity contribution in [1.82, 2.24) is 10.2 Å². The third kappa shape index (κ3) is 5.74. The number of methoxy groups -OCH3 is 2. The van der Waals surface area contributed by atoms with Crippen LogP contribution in [0.2, 0.25) is 0 Å². The number of benzene rings is 3. The van der Waals surface area contributed by atoms with Gasteiger partial charge in [-0.25, -0.2) is 0 Å². The Kier molecular flexibility index (Phi) is 8.33. The molecule has 0 aliphatic carbocycles. The molecular weight excluding hydrogens is 452 g/mol. The van der Waals surface area contributed by atoms with Gasteiger partial charge in [-0.3, -0.25) is 9.69 Å². The number of piperazine rings is 1. The summed E-state index contributed by atoms with van der Waals surface area (Å²) in [7, 11) is 7.20. The number of para-hydroxylation sites is 1. The van der Waals surface area contributed by atoms with Crippen molar-refractivity contribution in [2.24, 2.45) is 0 Å². The van der Waals surface area contributed by atoms with Crippen LogP contribution >= 0.6 is 0 Å². The molecule has 1 atom stereocenters. The molecule has 1 N–H and O–H groups in total. The molecule has 3 aromatic carbocycles. The minimum Gasteiger partial charge on any atom is -0.496 e. The van der Waals surface area contributed by atoms with Crippen LogP contribution in [0.15, 0.2) is 72.8 Å². The van der Waals surface area contributed by atoms with Gasteiger partial charge in [0.05, 0.1) is 20.3 Å². The first-order valence-corrected chi connectivity index (χ1v) is 12.3. The zero-order chi connectivity index (χ0) is 25.5. The van der Waals surface area contributed by atoms with E-state index in [-0.39, 0.29) is 11.9 Å². The molecule has 0 spiro atoms. The van der Waals surface area contributed by atoms with E-state index < -0.39 is 0 Å². The largest absolute Gasteiger partial charge is 0.496 e. The zero-order valence-corrected chi connectivity index (χ0v) is 21.6. The highest BCUT2D eigenvalue weighted by Gasteiger charge is 2.27. The summed E-state index contributed by atoms with van der Waals surface area (Å²) in [5.74, 6) is 0.785. The summed E-state index contributed by atoms with van der Waals surface area (Å²) < 4.78 is 10.9. The summed E-state index contributed by atoms with van der Waals surface area (Å²) >= 11 is 0. The third-order valence-electron chi connectivity index (χ3n) is 6.78. The standard InChI is InChI=1S/C29H36N4O3/c1-31(2)23-15-13-22(14-16-23)25(33-19-17-32(18-20-33)24-9-6-5-7-10-24)21-30-29(34)28-26(35-3)11-8-12-27(28)36-4/h5-16,25H,17-21H2,1-4H3,(H,30,34)/t25-/m0/s1. The van der Waals surface area contributed by atoms with Crippen molar-refractivity contribution < 1.29 is 14.3 Å². The predicted octanol–water partition coefficient (Wildman–Crippen LogP) is 4.06. The molecule has 7 nitrogen and oxygen atoms in total. The number of carbonyl (C=O) groups excluding carboxylic acids is 1. The molecule has 0 unspecified atom stereocenters. The summed E-state index contributed by atoms with van der Waals surface area (Å²) in [6.45, 7) is 4.16. The Morgan fingerprint density at radius 1 is 0.861 bits per heavy atom. The van der Waals surface area contributed by atoms with Crippen molar-refractivity contribution in [3.8, 4) is 11.5 Å². The van der Waals surface area contributed by atoms with E-state index in [2.05, 4.69) is 68.5 Å². The quantitative estimate of drug-likeness (QED) is 0.490. The van der Waals surface area contributed by atoms with Crippen LogP contribution in [0.1, 0.15) is 22.0 Å². The molecule has 1 heterocycles. The van der Waals surface area contributed by atoms with Crippen molar-refractivity contribution >= 4 is 17.3 Å². The molecule has 36 heavy (non-hydrogen) atoms. The Bertz CT molecular complexity index is 1100. The number of nitrogens with one attached hydrogen (secondary N) is 1. The van der Waals surface area contributed by atoms with E-state index in [4.69, 9.17) is 9.47 Å². The Morgan fingerprint density at radius 3 is 2.03 bits per heavy atom. The van der Waals surface area contributed by atoms with E-state index in [1.807, 2.05) is 26.2 Å². The minimum atomic E-state index is -0.206. The highest BCUT2D eigenvalue weighted by molar-refractivity contribution is 5.99. The first-order valence-electron chi connectivity index (χ1n) is 12.3. The number of amides is 1. The molecule has 1 aliphatic heterocycles. The predicted molar refractivity (Wildman–Crippen MR) is 146 cm³/mol. The maximum Gasteiger partial charge on any atom is 0.258 e. The fraction of sp³-hybridized carbons (Fsp3) is 0.345. The second kappa shape index (κ2) is 11.8.